The maximum atomic E-state index is 12.7. The molecular weight excluding hydrogens is 468 g/mol. The molecule has 7 heteroatoms. The summed E-state index contributed by atoms with van der Waals surface area (Å²) in [6.45, 7) is 3.46. The number of rotatable bonds is 10. The third-order valence-corrected chi connectivity index (χ3v) is 6.99. The smallest absolute Gasteiger partial charge is 0.255 e. The third-order valence-electron chi connectivity index (χ3n) is 6.99. The minimum Gasteiger partial charge on any atom is -0.493 e. The Morgan fingerprint density at radius 2 is 1.49 bits per heavy atom. The highest BCUT2D eigenvalue weighted by molar-refractivity contribution is 5.97. The Morgan fingerprint density at radius 3 is 2.14 bits per heavy atom. The second-order valence-corrected chi connectivity index (χ2v) is 9.21. The van der Waals surface area contributed by atoms with E-state index in [-0.39, 0.29) is 5.91 Å². The topological polar surface area (TPSA) is 69.3 Å². The Bertz CT molecular complexity index is 1190. The van der Waals surface area contributed by atoms with E-state index in [1.54, 1.807) is 39.5 Å². The molecule has 3 aromatic carbocycles. The van der Waals surface area contributed by atoms with Gasteiger partial charge in [0.2, 0.25) is 0 Å². The number of nitrogens with zero attached hydrogens (tertiary/aromatic N) is 1. The summed E-state index contributed by atoms with van der Waals surface area (Å²) in [5.74, 6) is 2.86. The van der Waals surface area contributed by atoms with Crippen LogP contribution in [0.25, 0.3) is 0 Å². The average Bonchev–Trinajstić information content (AvgIpc) is 2.96. The van der Waals surface area contributed by atoms with Gasteiger partial charge in [-0.15, -0.1) is 0 Å². The maximum Gasteiger partial charge on any atom is 0.255 e. The standard InChI is InChI=1S/C30H36N2O5/c1-34-26-13-10-22(18-28(26)36-3)20-32-16-14-24(15-17-32)23-11-8-21(9-12-23)19-31-30(33)25-6-5-7-27(35-2)29(25)37-4/h5-13,18,24H,14-17,19-20H2,1-4H3,(H,31,33). The maximum absolute atomic E-state index is 12.7. The lowest BCUT2D eigenvalue weighted by Crippen LogP contribution is -2.32. The normalized spacial score (nSPS) is 14.2. The molecule has 1 aliphatic heterocycles. The van der Waals surface area contributed by atoms with Gasteiger partial charge in [-0.1, -0.05) is 36.4 Å². The van der Waals surface area contributed by atoms with Crippen molar-refractivity contribution in [2.45, 2.75) is 31.8 Å². The van der Waals surface area contributed by atoms with Gasteiger partial charge in [0.05, 0.1) is 34.0 Å². The minimum absolute atomic E-state index is 0.193. The highest BCUT2D eigenvalue weighted by atomic mass is 16.5. The van der Waals surface area contributed by atoms with Gasteiger partial charge in [-0.3, -0.25) is 9.69 Å². The number of methoxy groups -OCH3 is 4. The van der Waals surface area contributed by atoms with Crippen LogP contribution in [0.15, 0.2) is 60.7 Å². The zero-order valence-electron chi connectivity index (χ0n) is 22.1. The number of piperidine rings is 1. The number of hydrogen-bond acceptors (Lipinski definition) is 6. The zero-order chi connectivity index (χ0) is 26.2. The molecule has 37 heavy (non-hydrogen) atoms. The fourth-order valence-corrected chi connectivity index (χ4v) is 4.91. The van der Waals surface area contributed by atoms with Crippen LogP contribution < -0.4 is 24.3 Å². The number of amides is 1. The molecule has 1 heterocycles. The number of likely N-dealkylation sites (tertiary alicyclic amines) is 1. The molecule has 0 bridgehead atoms. The van der Waals surface area contributed by atoms with Gasteiger partial charge in [-0.05, 0) is 72.8 Å². The Labute approximate surface area is 219 Å². The number of benzene rings is 3. The van der Waals surface area contributed by atoms with Crippen LogP contribution in [0.2, 0.25) is 0 Å². The van der Waals surface area contributed by atoms with Crippen LogP contribution in [-0.2, 0) is 13.1 Å². The summed E-state index contributed by atoms with van der Waals surface area (Å²) in [5.41, 5.74) is 4.10. The number of nitrogens with one attached hydrogen (secondary N) is 1. The summed E-state index contributed by atoms with van der Waals surface area (Å²) in [7, 11) is 6.42. The van der Waals surface area contributed by atoms with Crippen molar-refractivity contribution >= 4 is 5.91 Å². The van der Waals surface area contributed by atoms with Crippen LogP contribution >= 0.6 is 0 Å². The van der Waals surface area contributed by atoms with E-state index < -0.39 is 0 Å². The van der Waals surface area contributed by atoms with Crippen molar-refractivity contribution in [2.75, 3.05) is 41.5 Å². The van der Waals surface area contributed by atoms with E-state index in [2.05, 4.69) is 46.6 Å². The van der Waals surface area contributed by atoms with Crippen LogP contribution in [0.3, 0.4) is 0 Å². The van der Waals surface area contributed by atoms with Crippen LogP contribution in [0.1, 0.15) is 45.8 Å². The average molecular weight is 505 g/mol. The van der Waals surface area contributed by atoms with Gasteiger partial charge in [0.15, 0.2) is 23.0 Å². The molecule has 0 saturated carbocycles. The predicted octanol–water partition coefficient (Wildman–Crippen LogP) is 5.03. The molecule has 0 aliphatic carbocycles. The van der Waals surface area contributed by atoms with Crippen molar-refractivity contribution in [3.05, 3.63) is 82.9 Å². The number of carbonyl (C=O) groups excluding carboxylic acids is 1. The number of carbonyl (C=O) groups is 1. The van der Waals surface area contributed by atoms with Crippen molar-refractivity contribution in [3.8, 4) is 23.0 Å². The Kier molecular flexibility index (Phi) is 8.90. The van der Waals surface area contributed by atoms with Gasteiger partial charge in [-0.2, -0.15) is 0 Å². The van der Waals surface area contributed by atoms with Crippen LogP contribution in [-0.4, -0.2) is 52.3 Å². The molecule has 1 amide bonds. The molecule has 196 valence electrons. The Morgan fingerprint density at radius 1 is 0.811 bits per heavy atom. The lowest BCUT2D eigenvalue weighted by atomic mass is 9.89. The summed E-state index contributed by atoms with van der Waals surface area (Å²) < 4.78 is 21.5. The molecule has 1 aliphatic rings. The first kappa shape index (κ1) is 26.4. The molecule has 0 unspecified atom stereocenters. The van der Waals surface area contributed by atoms with Crippen LogP contribution in [0, 0.1) is 0 Å². The second-order valence-electron chi connectivity index (χ2n) is 9.21. The van der Waals surface area contributed by atoms with Crippen molar-refractivity contribution in [1.82, 2.24) is 10.2 Å². The molecule has 1 N–H and O–H groups in total. The summed E-state index contributed by atoms with van der Waals surface area (Å²) in [4.78, 5) is 15.2. The van der Waals surface area contributed by atoms with Gasteiger partial charge in [0.1, 0.15) is 0 Å². The van der Waals surface area contributed by atoms with E-state index in [1.807, 2.05) is 6.07 Å². The van der Waals surface area contributed by atoms with Gasteiger partial charge < -0.3 is 24.3 Å². The SMILES string of the molecule is COc1ccc(CN2CCC(c3ccc(CNC(=O)c4cccc(OC)c4OC)cc3)CC2)cc1OC. The summed E-state index contributed by atoms with van der Waals surface area (Å²) >= 11 is 0. The predicted molar refractivity (Wildman–Crippen MR) is 144 cm³/mol. The molecule has 4 rings (SSSR count). The lowest BCUT2D eigenvalue weighted by Gasteiger charge is -2.32. The highest BCUT2D eigenvalue weighted by Crippen LogP contribution is 2.32. The van der Waals surface area contributed by atoms with E-state index >= 15 is 0 Å². The first-order valence-electron chi connectivity index (χ1n) is 12.6. The summed E-state index contributed by atoms with van der Waals surface area (Å²) in [6.07, 6.45) is 2.25. The third kappa shape index (κ3) is 6.35. The van der Waals surface area contributed by atoms with E-state index in [1.165, 1.54) is 18.2 Å². The molecule has 0 aromatic heterocycles. The fourth-order valence-electron chi connectivity index (χ4n) is 4.91. The summed E-state index contributed by atoms with van der Waals surface area (Å²) in [5, 5.41) is 2.99. The van der Waals surface area contributed by atoms with E-state index in [0.29, 0.717) is 29.5 Å². The van der Waals surface area contributed by atoms with Crippen molar-refractivity contribution in [1.29, 1.82) is 0 Å². The number of ether oxygens (including phenoxy) is 4. The van der Waals surface area contributed by atoms with Gasteiger partial charge in [-0.25, -0.2) is 0 Å². The van der Waals surface area contributed by atoms with Gasteiger partial charge in [0, 0.05) is 13.1 Å². The Balaban J connectivity index is 1.28. The first-order valence-corrected chi connectivity index (χ1v) is 12.6. The number of para-hydroxylation sites is 1. The zero-order valence-corrected chi connectivity index (χ0v) is 22.1. The molecule has 0 spiro atoms. The fraction of sp³-hybridized carbons (Fsp3) is 0.367. The molecule has 1 fully saturated rings. The second kappa shape index (κ2) is 12.5. The molecule has 0 atom stereocenters. The van der Waals surface area contributed by atoms with Gasteiger partial charge >= 0.3 is 0 Å². The monoisotopic (exact) mass is 504 g/mol. The number of hydrogen-bond donors (Lipinski definition) is 1. The van der Waals surface area contributed by atoms with E-state index in [9.17, 15) is 4.79 Å². The Hall–Kier alpha value is -3.71. The molecule has 1 saturated heterocycles. The molecular formula is C30H36N2O5. The van der Waals surface area contributed by atoms with Crippen LogP contribution in [0.5, 0.6) is 23.0 Å². The van der Waals surface area contributed by atoms with E-state index in [0.717, 1.165) is 49.5 Å². The molecule has 7 nitrogen and oxygen atoms in total. The largest absolute Gasteiger partial charge is 0.493 e. The van der Waals surface area contributed by atoms with Crippen LogP contribution in [0.4, 0.5) is 0 Å². The minimum atomic E-state index is -0.193. The quantitative estimate of drug-likeness (QED) is 0.418. The highest BCUT2D eigenvalue weighted by Gasteiger charge is 2.21. The van der Waals surface area contributed by atoms with Gasteiger partial charge in [0.25, 0.3) is 5.91 Å². The molecule has 0 radical (unpaired) electrons. The van der Waals surface area contributed by atoms with Crippen molar-refractivity contribution in [3.63, 3.8) is 0 Å². The van der Waals surface area contributed by atoms with Crippen molar-refractivity contribution < 1.29 is 23.7 Å². The lowest BCUT2D eigenvalue weighted by molar-refractivity contribution is 0.0947. The molecule has 3 aromatic rings. The first-order chi connectivity index (χ1) is 18.1. The summed E-state index contributed by atoms with van der Waals surface area (Å²) in [6, 6.07) is 20.0. The van der Waals surface area contributed by atoms with Crippen molar-refractivity contribution in [2.24, 2.45) is 0 Å². The van der Waals surface area contributed by atoms with E-state index in [4.69, 9.17) is 18.9 Å².